The molecular weight excluding hydrogens is 257 g/mol. The first-order valence-corrected chi connectivity index (χ1v) is 6.59. The summed E-state index contributed by atoms with van der Waals surface area (Å²) in [5.74, 6) is 0.701. The highest BCUT2D eigenvalue weighted by Crippen LogP contribution is 2.15. The molecule has 0 rings (SSSR count). The molecule has 0 saturated carbocycles. The minimum atomic E-state index is -4.13. The molecule has 0 aliphatic carbocycles. The van der Waals surface area contributed by atoms with Gasteiger partial charge in [-0.25, -0.2) is 0 Å². The monoisotopic (exact) mass is 282 g/mol. The molecule has 114 valence electrons. The molecule has 7 heteroatoms. The summed E-state index contributed by atoms with van der Waals surface area (Å²) >= 11 is 0. The van der Waals surface area contributed by atoms with Crippen LogP contribution >= 0.6 is 0 Å². The first-order valence-electron chi connectivity index (χ1n) is 6.59. The van der Waals surface area contributed by atoms with Crippen molar-refractivity contribution in [1.82, 2.24) is 15.5 Å². The lowest BCUT2D eigenvalue weighted by Gasteiger charge is -2.18. The van der Waals surface area contributed by atoms with E-state index in [2.05, 4.69) is 22.5 Å². The Bertz CT molecular complexity index is 254. The second kappa shape index (κ2) is 9.89. The van der Waals surface area contributed by atoms with Crippen LogP contribution < -0.4 is 10.6 Å². The lowest BCUT2D eigenvalue weighted by atomic mass is 10.3. The van der Waals surface area contributed by atoms with Crippen LogP contribution in [0.4, 0.5) is 13.2 Å². The van der Waals surface area contributed by atoms with Crippen LogP contribution in [0.3, 0.4) is 0 Å². The van der Waals surface area contributed by atoms with Gasteiger partial charge in [0.05, 0.1) is 6.54 Å². The molecule has 0 spiro atoms. The number of hydrogen-bond donors (Lipinski definition) is 2. The van der Waals surface area contributed by atoms with Gasteiger partial charge in [-0.2, -0.15) is 13.2 Å². The highest BCUT2D eigenvalue weighted by molar-refractivity contribution is 5.79. The summed E-state index contributed by atoms with van der Waals surface area (Å²) in [6.45, 7) is 3.10. The van der Waals surface area contributed by atoms with Gasteiger partial charge in [0.25, 0.3) is 0 Å². The molecule has 0 aliphatic rings. The Kier molecular flexibility index (Phi) is 9.38. The van der Waals surface area contributed by atoms with Gasteiger partial charge in [-0.3, -0.25) is 9.89 Å². The van der Waals surface area contributed by atoms with Gasteiger partial charge < -0.3 is 10.6 Å². The van der Waals surface area contributed by atoms with Crippen LogP contribution in [0.15, 0.2) is 4.99 Å². The van der Waals surface area contributed by atoms with Crippen molar-refractivity contribution in [1.29, 1.82) is 0 Å². The normalized spacial score (nSPS) is 12.9. The highest BCUT2D eigenvalue weighted by Gasteiger charge is 2.28. The van der Waals surface area contributed by atoms with Crippen LogP contribution in [0.25, 0.3) is 0 Å². The molecule has 0 aromatic rings. The van der Waals surface area contributed by atoms with E-state index in [1.165, 1.54) is 11.9 Å². The lowest BCUT2D eigenvalue weighted by Crippen LogP contribution is -2.39. The van der Waals surface area contributed by atoms with Gasteiger partial charge in [0.1, 0.15) is 0 Å². The summed E-state index contributed by atoms with van der Waals surface area (Å²) in [4.78, 5) is 5.31. The number of nitrogens with one attached hydrogen (secondary N) is 2. The minimum absolute atomic E-state index is 0.401. The third kappa shape index (κ3) is 11.8. The Morgan fingerprint density at radius 3 is 2.21 bits per heavy atom. The fourth-order valence-corrected chi connectivity index (χ4v) is 1.55. The Hall–Kier alpha value is -0.980. The zero-order valence-electron chi connectivity index (χ0n) is 12.0. The largest absolute Gasteiger partial charge is 0.401 e. The van der Waals surface area contributed by atoms with E-state index in [1.54, 1.807) is 7.05 Å². The number of guanidine groups is 1. The van der Waals surface area contributed by atoms with Gasteiger partial charge in [0.15, 0.2) is 5.96 Å². The predicted molar refractivity (Wildman–Crippen MR) is 72.4 cm³/mol. The molecule has 0 amide bonds. The summed E-state index contributed by atoms with van der Waals surface area (Å²) in [6, 6.07) is 0. The second-order valence-electron chi connectivity index (χ2n) is 4.49. The van der Waals surface area contributed by atoms with Crippen molar-refractivity contribution in [2.45, 2.75) is 32.4 Å². The average molecular weight is 282 g/mol. The van der Waals surface area contributed by atoms with E-state index < -0.39 is 12.7 Å². The van der Waals surface area contributed by atoms with E-state index in [-0.39, 0.29) is 0 Å². The van der Waals surface area contributed by atoms with Crippen LogP contribution in [0.1, 0.15) is 26.2 Å². The number of rotatable bonds is 8. The highest BCUT2D eigenvalue weighted by atomic mass is 19.4. The van der Waals surface area contributed by atoms with E-state index in [4.69, 9.17) is 0 Å². The topological polar surface area (TPSA) is 39.7 Å². The molecule has 0 aromatic carbocycles. The van der Waals surface area contributed by atoms with Crippen molar-refractivity contribution in [3.63, 3.8) is 0 Å². The van der Waals surface area contributed by atoms with Crippen LogP contribution in [-0.2, 0) is 0 Å². The van der Waals surface area contributed by atoms with Crippen LogP contribution in [-0.4, -0.2) is 57.3 Å². The quantitative estimate of drug-likeness (QED) is 0.405. The fraction of sp³-hybridized carbons (Fsp3) is 0.917. The second-order valence-corrected chi connectivity index (χ2v) is 4.49. The number of unbranched alkanes of at least 4 members (excludes halogenated alkanes) is 1. The molecule has 0 saturated heterocycles. The van der Waals surface area contributed by atoms with Crippen molar-refractivity contribution in [2.24, 2.45) is 4.99 Å². The summed E-state index contributed by atoms with van der Waals surface area (Å²) in [7, 11) is 3.15. The van der Waals surface area contributed by atoms with Crippen LogP contribution in [0.2, 0.25) is 0 Å². The SMILES string of the molecule is CCCCNC(=NC)NCCCN(C)CC(F)(F)F. The molecule has 0 aliphatic heterocycles. The van der Waals surface area contributed by atoms with Crippen LogP contribution in [0.5, 0.6) is 0 Å². The van der Waals surface area contributed by atoms with Crippen LogP contribution in [0, 0.1) is 0 Å². The fourth-order valence-electron chi connectivity index (χ4n) is 1.55. The van der Waals surface area contributed by atoms with E-state index in [0.29, 0.717) is 25.5 Å². The first-order chi connectivity index (χ1) is 8.89. The Morgan fingerprint density at radius 2 is 1.74 bits per heavy atom. The smallest absolute Gasteiger partial charge is 0.356 e. The van der Waals surface area contributed by atoms with Crippen molar-refractivity contribution < 1.29 is 13.2 Å². The lowest BCUT2D eigenvalue weighted by molar-refractivity contribution is -0.143. The Morgan fingerprint density at radius 1 is 1.16 bits per heavy atom. The van der Waals surface area contributed by atoms with Gasteiger partial charge >= 0.3 is 6.18 Å². The minimum Gasteiger partial charge on any atom is -0.356 e. The molecule has 0 radical (unpaired) electrons. The third-order valence-electron chi connectivity index (χ3n) is 2.50. The number of alkyl halides is 3. The van der Waals surface area contributed by atoms with Gasteiger partial charge in [-0.05, 0) is 26.4 Å². The van der Waals surface area contributed by atoms with E-state index in [0.717, 1.165) is 19.4 Å². The number of halogens is 3. The maximum atomic E-state index is 12.1. The van der Waals surface area contributed by atoms with Gasteiger partial charge in [-0.1, -0.05) is 13.3 Å². The standard InChI is InChI=1S/C12H25F3N4/c1-4-5-7-17-11(16-2)18-8-6-9-19(3)10-12(13,14)15/h4-10H2,1-3H3,(H2,16,17,18). The van der Waals surface area contributed by atoms with Crippen molar-refractivity contribution in [3.05, 3.63) is 0 Å². The molecule has 0 unspecified atom stereocenters. The molecule has 0 heterocycles. The number of aliphatic imine (C=N–C) groups is 1. The zero-order chi connectivity index (χ0) is 14.7. The molecular formula is C12H25F3N4. The van der Waals surface area contributed by atoms with E-state index >= 15 is 0 Å². The Labute approximate surface area is 113 Å². The van der Waals surface area contributed by atoms with Gasteiger partial charge in [0.2, 0.25) is 0 Å². The number of nitrogens with zero attached hydrogens (tertiary/aromatic N) is 2. The average Bonchev–Trinajstić information content (AvgIpc) is 2.30. The molecule has 2 N–H and O–H groups in total. The summed E-state index contributed by atoms with van der Waals surface area (Å²) in [5, 5.41) is 6.22. The molecule has 19 heavy (non-hydrogen) atoms. The zero-order valence-corrected chi connectivity index (χ0v) is 12.0. The maximum absolute atomic E-state index is 12.1. The summed E-state index contributed by atoms with van der Waals surface area (Å²) < 4.78 is 36.3. The van der Waals surface area contributed by atoms with Gasteiger partial charge in [-0.15, -0.1) is 0 Å². The Balaban J connectivity index is 3.66. The van der Waals surface area contributed by atoms with Crippen molar-refractivity contribution >= 4 is 5.96 Å². The number of hydrogen-bond acceptors (Lipinski definition) is 2. The predicted octanol–water partition coefficient (Wildman–Crippen LogP) is 1.84. The molecule has 4 nitrogen and oxygen atoms in total. The summed E-state index contributed by atoms with van der Waals surface area (Å²) in [5.41, 5.74) is 0. The first kappa shape index (κ1) is 18.0. The van der Waals surface area contributed by atoms with E-state index in [1.807, 2.05) is 0 Å². The van der Waals surface area contributed by atoms with E-state index in [9.17, 15) is 13.2 Å². The van der Waals surface area contributed by atoms with Gasteiger partial charge in [0, 0.05) is 20.1 Å². The van der Waals surface area contributed by atoms with Crippen molar-refractivity contribution in [2.75, 3.05) is 40.3 Å². The summed E-state index contributed by atoms with van der Waals surface area (Å²) in [6.07, 6.45) is -1.32. The molecule has 0 atom stereocenters. The third-order valence-corrected chi connectivity index (χ3v) is 2.50. The van der Waals surface area contributed by atoms with Crippen molar-refractivity contribution in [3.8, 4) is 0 Å². The maximum Gasteiger partial charge on any atom is 0.401 e. The molecule has 0 fully saturated rings. The molecule has 0 aromatic heterocycles. The molecule has 0 bridgehead atoms.